The van der Waals surface area contributed by atoms with Gasteiger partial charge in [-0.15, -0.1) is 0 Å². The molecular formula is C30H34Cl2N4O3. The number of carbonyl (C=O) groups excluding carboxylic acids is 2. The number of ether oxygens (including phenoxy) is 1. The van der Waals surface area contributed by atoms with Crippen LogP contribution in [0.3, 0.4) is 0 Å². The highest BCUT2D eigenvalue weighted by Gasteiger charge is 2.26. The molecule has 3 aromatic rings. The lowest BCUT2D eigenvalue weighted by molar-refractivity contribution is -0.131. The Bertz CT molecular complexity index is 1300. The van der Waals surface area contributed by atoms with Gasteiger partial charge in [-0.2, -0.15) is 0 Å². The van der Waals surface area contributed by atoms with Gasteiger partial charge in [-0.25, -0.2) is 0 Å². The summed E-state index contributed by atoms with van der Waals surface area (Å²) in [6, 6.07) is 21.3. The normalized spacial score (nSPS) is 14.5. The maximum atomic E-state index is 13.5. The molecule has 1 unspecified atom stereocenters. The number of amides is 2. The molecular weight excluding hydrogens is 535 g/mol. The highest BCUT2D eigenvalue weighted by molar-refractivity contribution is 6.42. The van der Waals surface area contributed by atoms with E-state index in [-0.39, 0.29) is 24.4 Å². The molecule has 7 nitrogen and oxygen atoms in total. The van der Waals surface area contributed by atoms with Gasteiger partial charge in [-0.1, -0.05) is 59.6 Å². The van der Waals surface area contributed by atoms with Crippen molar-refractivity contribution in [2.24, 2.45) is 0 Å². The fourth-order valence-electron chi connectivity index (χ4n) is 4.66. The van der Waals surface area contributed by atoms with Gasteiger partial charge in [-0.3, -0.25) is 14.5 Å². The zero-order valence-electron chi connectivity index (χ0n) is 22.5. The Balaban J connectivity index is 1.54. The largest absolute Gasteiger partial charge is 0.379 e. The van der Waals surface area contributed by atoms with Gasteiger partial charge in [0.05, 0.1) is 35.8 Å². The molecule has 0 radical (unpaired) electrons. The van der Waals surface area contributed by atoms with Gasteiger partial charge >= 0.3 is 0 Å². The van der Waals surface area contributed by atoms with E-state index < -0.39 is 0 Å². The van der Waals surface area contributed by atoms with Crippen molar-refractivity contribution >= 4 is 46.4 Å². The Hall–Kier alpha value is -3.10. The Labute approximate surface area is 240 Å². The first-order valence-electron chi connectivity index (χ1n) is 12.9. The van der Waals surface area contributed by atoms with E-state index in [9.17, 15) is 9.59 Å². The van der Waals surface area contributed by atoms with Crippen molar-refractivity contribution in [3.8, 4) is 11.1 Å². The fourth-order valence-corrected chi connectivity index (χ4v) is 4.95. The van der Waals surface area contributed by atoms with Gasteiger partial charge in [0.2, 0.25) is 11.8 Å². The lowest BCUT2D eigenvalue weighted by Gasteiger charge is -2.36. The van der Waals surface area contributed by atoms with Gasteiger partial charge in [0.25, 0.3) is 0 Å². The van der Waals surface area contributed by atoms with Crippen molar-refractivity contribution in [3.63, 3.8) is 0 Å². The highest BCUT2D eigenvalue weighted by atomic mass is 35.5. The number of nitrogens with one attached hydrogen (secondary N) is 1. The Morgan fingerprint density at radius 2 is 1.67 bits per heavy atom. The number of nitrogens with zero attached hydrogens (tertiary/aromatic N) is 3. The minimum absolute atomic E-state index is 0.00563. The topological polar surface area (TPSA) is 65.1 Å². The molecule has 0 bridgehead atoms. The number of morpholine rings is 1. The molecule has 1 heterocycles. The van der Waals surface area contributed by atoms with Crippen molar-refractivity contribution < 1.29 is 14.3 Å². The van der Waals surface area contributed by atoms with Crippen LogP contribution in [0.25, 0.3) is 11.1 Å². The first-order chi connectivity index (χ1) is 18.7. The number of halogens is 2. The van der Waals surface area contributed by atoms with E-state index in [4.69, 9.17) is 27.9 Å². The molecule has 1 saturated heterocycles. The molecule has 1 fully saturated rings. The second-order valence-corrected chi connectivity index (χ2v) is 10.6. The number of benzene rings is 3. The molecule has 1 aliphatic heterocycles. The molecule has 0 aromatic heterocycles. The van der Waals surface area contributed by atoms with Crippen molar-refractivity contribution in [3.05, 3.63) is 82.3 Å². The summed E-state index contributed by atoms with van der Waals surface area (Å²) in [6.45, 7) is 5.44. The van der Waals surface area contributed by atoms with Crippen molar-refractivity contribution in [1.29, 1.82) is 0 Å². The van der Waals surface area contributed by atoms with E-state index in [1.165, 1.54) is 6.92 Å². The molecule has 1 aliphatic rings. The maximum Gasteiger partial charge on any atom is 0.242 e. The van der Waals surface area contributed by atoms with Crippen LogP contribution in [0, 0.1) is 0 Å². The predicted octanol–water partition coefficient (Wildman–Crippen LogP) is 5.59. The first-order valence-corrected chi connectivity index (χ1v) is 13.7. The zero-order valence-corrected chi connectivity index (χ0v) is 24.0. The van der Waals surface area contributed by atoms with E-state index in [0.717, 1.165) is 41.2 Å². The van der Waals surface area contributed by atoms with E-state index >= 15 is 0 Å². The van der Waals surface area contributed by atoms with E-state index in [1.807, 2.05) is 54.2 Å². The van der Waals surface area contributed by atoms with Crippen LogP contribution in [0.2, 0.25) is 10.0 Å². The van der Waals surface area contributed by atoms with E-state index in [1.54, 1.807) is 12.1 Å². The Morgan fingerprint density at radius 1 is 0.949 bits per heavy atom. The van der Waals surface area contributed by atoms with Crippen LogP contribution < -0.4 is 10.2 Å². The average Bonchev–Trinajstić information content (AvgIpc) is 2.93. The predicted molar refractivity (Wildman–Crippen MR) is 159 cm³/mol. The van der Waals surface area contributed by atoms with Crippen LogP contribution >= 0.6 is 23.2 Å². The third-order valence-corrected chi connectivity index (χ3v) is 7.66. The number of anilines is 2. The molecule has 3 aromatic carbocycles. The third kappa shape index (κ3) is 7.73. The number of hydrogen-bond acceptors (Lipinski definition) is 5. The number of likely N-dealkylation sites (N-methyl/N-ethyl adjacent to an activating group) is 2. The second-order valence-electron chi connectivity index (χ2n) is 9.77. The Morgan fingerprint density at radius 3 is 2.33 bits per heavy atom. The van der Waals surface area contributed by atoms with Crippen molar-refractivity contribution in [2.45, 2.75) is 13.0 Å². The summed E-state index contributed by atoms with van der Waals surface area (Å²) >= 11 is 12.3. The van der Waals surface area contributed by atoms with Crippen LogP contribution in [0.15, 0.2) is 66.7 Å². The summed E-state index contributed by atoms with van der Waals surface area (Å²) in [5.74, 6) is -0.111. The summed E-state index contributed by atoms with van der Waals surface area (Å²) in [7, 11) is 3.73. The molecule has 39 heavy (non-hydrogen) atoms. The van der Waals surface area contributed by atoms with Crippen molar-refractivity contribution in [2.75, 3.05) is 63.7 Å². The first kappa shape index (κ1) is 28.9. The van der Waals surface area contributed by atoms with Crippen LogP contribution in [-0.2, 0) is 14.3 Å². The van der Waals surface area contributed by atoms with Crippen LogP contribution in [0.4, 0.5) is 11.4 Å². The lowest BCUT2D eigenvalue weighted by atomic mass is 9.99. The number of carbonyl (C=O) groups is 2. The second kappa shape index (κ2) is 13.3. The van der Waals surface area contributed by atoms with Gasteiger partial charge in [0.15, 0.2) is 0 Å². The zero-order chi connectivity index (χ0) is 27.9. The third-order valence-electron chi connectivity index (χ3n) is 6.92. The minimum Gasteiger partial charge on any atom is -0.379 e. The van der Waals surface area contributed by atoms with Gasteiger partial charge in [0.1, 0.15) is 0 Å². The van der Waals surface area contributed by atoms with Crippen LogP contribution in [0.1, 0.15) is 18.5 Å². The van der Waals surface area contributed by atoms with Crippen LogP contribution in [0.5, 0.6) is 0 Å². The quantitative estimate of drug-likeness (QED) is 0.364. The Kier molecular flexibility index (Phi) is 9.86. The monoisotopic (exact) mass is 568 g/mol. The fraction of sp³-hybridized carbons (Fsp3) is 0.333. The number of hydrogen-bond donors (Lipinski definition) is 1. The standard InChI is InChI=1S/C30H34Cl2N4O3/c1-21(37)33-25-6-4-5-24(17-25)22-7-9-23(10-8-22)29(19-36-13-15-39-16-14-36)35(3)30(38)20-34(2)26-11-12-27(31)28(32)18-26/h4-12,17-18,29H,13-16,19-20H2,1-3H3,(H,33,37). The maximum absolute atomic E-state index is 13.5. The summed E-state index contributed by atoms with van der Waals surface area (Å²) in [5, 5.41) is 3.77. The van der Waals surface area contributed by atoms with Crippen LogP contribution in [-0.4, -0.2) is 75.1 Å². The molecule has 1 atom stereocenters. The molecule has 1 N–H and O–H groups in total. The van der Waals surface area contributed by atoms with Gasteiger partial charge in [0, 0.05) is 52.0 Å². The van der Waals surface area contributed by atoms with E-state index in [0.29, 0.717) is 29.8 Å². The average molecular weight is 570 g/mol. The summed E-state index contributed by atoms with van der Waals surface area (Å²) in [6.07, 6.45) is 0. The summed E-state index contributed by atoms with van der Waals surface area (Å²) in [4.78, 5) is 31.0. The molecule has 0 spiro atoms. The minimum atomic E-state index is -0.141. The molecule has 9 heteroatoms. The molecule has 0 saturated carbocycles. The summed E-state index contributed by atoms with van der Waals surface area (Å²) in [5.41, 5.74) is 4.67. The smallest absolute Gasteiger partial charge is 0.242 e. The molecule has 206 valence electrons. The molecule has 2 amide bonds. The van der Waals surface area contributed by atoms with E-state index in [2.05, 4.69) is 34.5 Å². The molecule has 0 aliphatic carbocycles. The highest BCUT2D eigenvalue weighted by Crippen LogP contribution is 2.29. The van der Waals surface area contributed by atoms with Gasteiger partial charge in [-0.05, 0) is 47.0 Å². The van der Waals surface area contributed by atoms with Crippen molar-refractivity contribution in [1.82, 2.24) is 9.80 Å². The molecule has 4 rings (SSSR count). The lowest BCUT2D eigenvalue weighted by Crippen LogP contribution is -2.45. The number of rotatable bonds is 9. The van der Waals surface area contributed by atoms with Gasteiger partial charge < -0.3 is 19.9 Å². The SMILES string of the molecule is CC(=O)Nc1cccc(-c2ccc(C(CN3CCOCC3)N(C)C(=O)CN(C)c3ccc(Cl)c(Cl)c3)cc2)c1. The summed E-state index contributed by atoms with van der Waals surface area (Å²) < 4.78 is 5.54.